The van der Waals surface area contributed by atoms with Crippen LogP contribution in [0.1, 0.15) is 51.6 Å². The van der Waals surface area contributed by atoms with Crippen LogP contribution in [0.4, 0.5) is 4.79 Å². The number of rotatable bonds is 3. The maximum Gasteiger partial charge on any atom is 0.411 e. The molecule has 0 bridgehead atoms. The van der Waals surface area contributed by atoms with Gasteiger partial charge in [-0.25, -0.2) is 4.79 Å². The van der Waals surface area contributed by atoms with E-state index in [4.69, 9.17) is 15.2 Å². The van der Waals surface area contributed by atoms with Crippen molar-refractivity contribution in [1.29, 1.82) is 0 Å². The van der Waals surface area contributed by atoms with Crippen LogP contribution in [0, 0.1) is 0 Å². The quantitative estimate of drug-likeness (QED) is 0.859. The van der Waals surface area contributed by atoms with Crippen LogP contribution in [-0.2, 0) is 9.53 Å². The summed E-state index contributed by atoms with van der Waals surface area (Å²) in [6, 6.07) is 7.05. The Morgan fingerprint density at radius 3 is 2.43 bits per heavy atom. The Labute approximate surface area is 166 Å². The number of benzene rings is 1. The van der Waals surface area contributed by atoms with Crippen molar-refractivity contribution in [1.82, 2.24) is 9.80 Å². The molecule has 0 aromatic heterocycles. The zero-order valence-corrected chi connectivity index (χ0v) is 17.2. The molecule has 2 fully saturated rings. The van der Waals surface area contributed by atoms with Gasteiger partial charge in [0.2, 0.25) is 5.91 Å². The molecule has 3 atom stereocenters. The molecule has 0 spiro atoms. The molecule has 2 amide bonds. The predicted molar refractivity (Wildman–Crippen MR) is 106 cm³/mol. The fourth-order valence-electron chi connectivity index (χ4n) is 4.02. The lowest BCUT2D eigenvalue weighted by molar-refractivity contribution is -0.136. The molecule has 0 radical (unpaired) electrons. The van der Waals surface area contributed by atoms with Gasteiger partial charge in [-0.1, -0.05) is 12.1 Å². The molecule has 2 aliphatic heterocycles. The SMILES string of the molecule is COc1ccc(C2CCCN2C(=O)[C@@H]2C[C@H](N)CN2C(=O)OC(C)(C)C)cc1. The molecule has 1 unspecified atom stereocenters. The first-order valence-corrected chi connectivity index (χ1v) is 9.89. The standard InChI is InChI=1S/C21H31N3O4/c1-21(2,3)28-20(26)24-13-15(22)12-18(24)19(25)23-11-5-6-17(23)14-7-9-16(27-4)10-8-14/h7-10,15,17-18H,5-6,11-13,22H2,1-4H3/t15-,17?,18-/m0/s1. The fourth-order valence-corrected chi connectivity index (χ4v) is 4.02. The van der Waals surface area contributed by atoms with E-state index in [9.17, 15) is 9.59 Å². The van der Waals surface area contributed by atoms with Crippen LogP contribution in [0.3, 0.4) is 0 Å². The summed E-state index contributed by atoms with van der Waals surface area (Å²) >= 11 is 0. The van der Waals surface area contributed by atoms with Gasteiger partial charge in [-0.3, -0.25) is 9.69 Å². The summed E-state index contributed by atoms with van der Waals surface area (Å²) in [4.78, 5) is 29.4. The number of hydrogen-bond acceptors (Lipinski definition) is 5. The Balaban J connectivity index is 1.77. The highest BCUT2D eigenvalue weighted by atomic mass is 16.6. The molecule has 28 heavy (non-hydrogen) atoms. The van der Waals surface area contributed by atoms with Crippen LogP contribution in [0.15, 0.2) is 24.3 Å². The smallest absolute Gasteiger partial charge is 0.411 e. The minimum Gasteiger partial charge on any atom is -0.497 e. The van der Waals surface area contributed by atoms with E-state index in [1.165, 1.54) is 4.90 Å². The van der Waals surface area contributed by atoms with Crippen molar-refractivity contribution in [3.8, 4) is 5.75 Å². The highest BCUT2D eigenvalue weighted by molar-refractivity contribution is 5.87. The van der Waals surface area contributed by atoms with E-state index in [0.29, 0.717) is 19.5 Å². The molecule has 7 heteroatoms. The van der Waals surface area contributed by atoms with Crippen molar-refractivity contribution in [3.63, 3.8) is 0 Å². The number of carbonyl (C=O) groups excluding carboxylic acids is 2. The van der Waals surface area contributed by atoms with E-state index in [1.807, 2.05) is 49.9 Å². The first kappa shape index (κ1) is 20.5. The molecule has 2 heterocycles. The van der Waals surface area contributed by atoms with Gasteiger partial charge >= 0.3 is 6.09 Å². The average molecular weight is 389 g/mol. The van der Waals surface area contributed by atoms with Crippen molar-refractivity contribution in [2.45, 2.75) is 63.8 Å². The van der Waals surface area contributed by atoms with Crippen molar-refractivity contribution < 1.29 is 19.1 Å². The van der Waals surface area contributed by atoms with Gasteiger partial charge in [0.25, 0.3) is 0 Å². The summed E-state index contributed by atoms with van der Waals surface area (Å²) < 4.78 is 10.7. The highest BCUT2D eigenvalue weighted by Crippen LogP contribution is 2.35. The molecule has 154 valence electrons. The number of nitrogens with two attached hydrogens (primary N) is 1. The summed E-state index contributed by atoms with van der Waals surface area (Å²) in [6.07, 6.45) is 1.83. The third kappa shape index (κ3) is 4.41. The maximum absolute atomic E-state index is 13.4. The molecule has 1 aromatic carbocycles. The lowest BCUT2D eigenvalue weighted by Crippen LogP contribution is -2.48. The average Bonchev–Trinajstić information content (AvgIpc) is 3.26. The normalized spacial score (nSPS) is 25.1. The Hall–Kier alpha value is -2.28. The summed E-state index contributed by atoms with van der Waals surface area (Å²) in [5.74, 6) is 0.745. The number of methoxy groups -OCH3 is 1. The summed E-state index contributed by atoms with van der Waals surface area (Å²) in [6.45, 7) is 6.48. The molecule has 2 saturated heterocycles. The minimum atomic E-state index is -0.614. The van der Waals surface area contributed by atoms with E-state index < -0.39 is 17.7 Å². The summed E-state index contributed by atoms with van der Waals surface area (Å²) in [5, 5.41) is 0. The largest absolute Gasteiger partial charge is 0.497 e. The predicted octanol–water partition coefficient (Wildman–Crippen LogP) is 2.70. The number of ether oxygens (including phenoxy) is 2. The molecule has 0 saturated carbocycles. The highest BCUT2D eigenvalue weighted by Gasteiger charge is 2.44. The van der Waals surface area contributed by atoms with Gasteiger partial charge in [-0.15, -0.1) is 0 Å². The Bertz CT molecular complexity index is 713. The van der Waals surface area contributed by atoms with Crippen molar-refractivity contribution in [2.75, 3.05) is 20.2 Å². The zero-order valence-electron chi connectivity index (χ0n) is 17.2. The van der Waals surface area contributed by atoms with Crippen LogP contribution >= 0.6 is 0 Å². The van der Waals surface area contributed by atoms with Gasteiger partial charge in [0.05, 0.1) is 13.2 Å². The van der Waals surface area contributed by atoms with Gasteiger partial charge in [0.1, 0.15) is 17.4 Å². The molecular formula is C21H31N3O4. The van der Waals surface area contributed by atoms with Crippen molar-refractivity contribution in [3.05, 3.63) is 29.8 Å². The first-order valence-electron chi connectivity index (χ1n) is 9.89. The molecular weight excluding hydrogens is 358 g/mol. The third-order valence-corrected chi connectivity index (χ3v) is 5.28. The van der Waals surface area contributed by atoms with Crippen LogP contribution in [0.5, 0.6) is 5.75 Å². The fraction of sp³-hybridized carbons (Fsp3) is 0.619. The monoisotopic (exact) mass is 389 g/mol. The van der Waals surface area contributed by atoms with E-state index in [1.54, 1.807) is 7.11 Å². The second-order valence-electron chi connectivity index (χ2n) is 8.61. The van der Waals surface area contributed by atoms with Gasteiger partial charge in [-0.05, 0) is 57.7 Å². The van der Waals surface area contributed by atoms with E-state index in [2.05, 4.69) is 0 Å². The number of hydrogen-bond donors (Lipinski definition) is 1. The molecule has 1 aromatic rings. The summed E-state index contributed by atoms with van der Waals surface area (Å²) in [5.41, 5.74) is 6.56. The molecule has 2 N–H and O–H groups in total. The van der Waals surface area contributed by atoms with Crippen LogP contribution < -0.4 is 10.5 Å². The number of amides is 2. The number of nitrogens with zero attached hydrogens (tertiary/aromatic N) is 2. The molecule has 2 aliphatic rings. The lowest BCUT2D eigenvalue weighted by Gasteiger charge is -2.32. The van der Waals surface area contributed by atoms with E-state index in [0.717, 1.165) is 24.2 Å². The zero-order chi connectivity index (χ0) is 20.5. The van der Waals surface area contributed by atoms with Gasteiger partial charge in [-0.2, -0.15) is 0 Å². The molecule has 3 rings (SSSR count). The first-order chi connectivity index (χ1) is 13.2. The maximum atomic E-state index is 13.4. The van der Waals surface area contributed by atoms with Gasteiger partial charge in [0.15, 0.2) is 0 Å². The van der Waals surface area contributed by atoms with Crippen LogP contribution in [-0.4, -0.2) is 59.7 Å². The second-order valence-corrected chi connectivity index (χ2v) is 8.61. The Morgan fingerprint density at radius 2 is 1.82 bits per heavy atom. The van der Waals surface area contributed by atoms with Gasteiger partial charge < -0.3 is 20.1 Å². The number of likely N-dealkylation sites (tertiary alicyclic amines) is 2. The summed E-state index contributed by atoms with van der Waals surface area (Å²) in [7, 11) is 1.63. The van der Waals surface area contributed by atoms with Crippen molar-refractivity contribution in [2.24, 2.45) is 5.73 Å². The van der Waals surface area contributed by atoms with Crippen molar-refractivity contribution >= 4 is 12.0 Å². The second kappa shape index (κ2) is 7.99. The van der Waals surface area contributed by atoms with E-state index in [-0.39, 0.29) is 18.0 Å². The topological polar surface area (TPSA) is 85.1 Å². The Morgan fingerprint density at radius 1 is 1.14 bits per heavy atom. The van der Waals surface area contributed by atoms with E-state index >= 15 is 0 Å². The molecule has 7 nitrogen and oxygen atoms in total. The lowest BCUT2D eigenvalue weighted by atomic mass is 10.0. The minimum absolute atomic E-state index is 0.00992. The van der Waals surface area contributed by atoms with Crippen LogP contribution in [0.25, 0.3) is 0 Å². The number of carbonyl (C=O) groups is 2. The van der Waals surface area contributed by atoms with Crippen LogP contribution in [0.2, 0.25) is 0 Å². The molecule has 0 aliphatic carbocycles. The third-order valence-electron chi connectivity index (χ3n) is 5.28. The Kier molecular flexibility index (Phi) is 5.84. The van der Waals surface area contributed by atoms with Gasteiger partial charge in [0, 0.05) is 19.1 Å².